The van der Waals surface area contributed by atoms with E-state index in [2.05, 4.69) is 5.32 Å². The van der Waals surface area contributed by atoms with Crippen LogP contribution in [0.5, 0.6) is 0 Å². The highest BCUT2D eigenvalue weighted by Crippen LogP contribution is 2.05. The molecule has 86 valence electrons. The number of amides is 2. The third kappa shape index (κ3) is 4.00. The van der Waals surface area contributed by atoms with Gasteiger partial charge in [0, 0.05) is 0 Å². The molecule has 0 aromatic heterocycles. The number of nitrogens with two attached hydrogens (primary N) is 1. The topological polar surface area (TPSA) is 92.4 Å². The summed E-state index contributed by atoms with van der Waals surface area (Å²) in [6.45, 7) is 0. The van der Waals surface area contributed by atoms with Crippen molar-refractivity contribution < 1.29 is 14.7 Å². The van der Waals surface area contributed by atoms with Gasteiger partial charge in [-0.25, -0.2) is 9.59 Å². The molecule has 0 heterocycles. The van der Waals surface area contributed by atoms with Gasteiger partial charge in [-0.3, -0.25) is 0 Å². The molecule has 2 amide bonds. The number of nitrogens with one attached hydrogen (secondary N) is 1. The summed E-state index contributed by atoms with van der Waals surface area (Å²) in [6.07, 6.45) is 0.903. The van der Waals surface area contributed by atoms with Crippen molar-refractivity contribution in [2.24, 2.45) is 5.73 Å². The molecule has 5 heteroatoms. The van der Waals surface area contributed by atoms with E-state index < -0.39 is 18.0 Å². The third-order valence-corrected chi connectivity index (χ3v) is 2.18. The van der Waals surface area contributed by atoms with Crippen molar-refractivity contribution in [1.29, 1.82) is 0 Å². The summed E-state index contributed by atoms with van der Waals surface area (Å²) in [5.41, 5.74) is 5.91. The van der Waals surface area contributed by atoms with Crippen molar-refractivity contribution in [3.05, 3.63) is 35.9 Å². The molecule has 16 heavy (non-hydrogen) atoms. The predicted octanol–water partition coefficient (Wildman–Crippen LogP) is 0.741. The summed E-state index contributed by atoms with van der Waals surface area (Å²) in [6, 6.07) is 7.71. The van der Waals surface area contributed by atoms with Crippen LogP contribution in [-0.4, -0.2) is 23.1 Å². The fraction of sp³-hybridized carbons (Fsp3) is 0.273. The molecule has 1 aromatic rings. The highest BCUT2D eigenvalue weighted by Gasteiger charge is 2.17. The largest absolute Gasteiger partial charge is 0.480 e. The number of carbonyl (C=O) groups is 2. The van der Waals surface area contributed by atoms with Gasteiger partial charge in [0.25, 0.3) is 0 Å². The van der Waals surface area contributed by atoms with Crippen LogP contribution in [0.2, 0.25) is 0 Å². The number of hydrogen-bond donors (Lipinski definition) is 3. The molecule has 5 nitrogen and oxygen atoms in total. The monoisotopic (exact) mass is 222 g/mol. The number of benzene rings is 1. The molecule has 0 radical (unpaired) electrons. The predicted molar refractivity (Wildman–Crippen MR) is 58.9 cm³/mol. The molecular weight excluding hydrogens is 208 g/mol. The van der Waals surface area contributed by atoms with Crippen molar-refractivity contribution in [2.45, 2.75) is 18.9 Å². The van der Waals surface area contributed by atoms with Crippen LogP contribution in [0.25, 0.3) is 0 Å². The van der Waals surface area contributed by atoms with Crippen LogP contribution in [0.4, 0.5) is 4.79 Å². The maximum Gasteiger partial charge on any atom is 0.326 e. The van der Waals surface area contributed by atoms with Gasteiger partial charge in [-0.2, -0.15) is 0 Å². The number of carbonyl (C=O) groups excluding carboxylic acids is 1. The van der Waals surface area contributed by atoms with Crippen LogP contribution in [0.3, 0.4) is 0 Å². The van der Waals surface area contributed by atoms with Crippen molar-refractivity contribution in [3.8, 4) is 0 Å². The Kier molecular flexibility index (Phi) is 4.32. The first kappa shape index (κ1) is 12.0. The zero-order valence-electron chi connectivity index (χ0n) is 8.72. The molecule has 1 rings (SSSR count). The van der Waals surface area contributed by atoms with E-state index in [1.54, 1.807) is 0 Å². The second-order valence-electron chi connectivity index (χ2n) is 3.42. The minimum absolute atomic E-state index is 0.322. The molecule has 0 aliphatic rings. The Hall–Kier alpha value is -2.04. The summed E-state index contributed by atoms with van der Waals surface area (Å²) in [5.74, 6) is -1.07. The lowest BCUT2D eigenvalue weighted by molar-refractivity contribution is -0.139. The van der Waals surface area contributed by atoms with E-state index in [4.69, 9.17) is 10.8 Å². The average Bonchev–Trinajstić information content (AvgIpc) is 2.25. The molecule has 0 aliphatic heterocycles. The maximum absolute atomic E-state index is 10.8. The van der Waals surface area contributed by atoms with Crippen LogP contribution < -0.4 is 11.1 Å². The average molecular weight is 222 g/mol. The van der Waals surface area contributed by atoms with E-state index >= 15 is 0 Å². The lowest BCUT2D eigenvalue weighted by Crippen LogP contribution is -2.43. The summed E-state index contributed by atoms with van der Waals surface area (Å²) in [5, 5.41) is 11.0. The number of rotatable bonds is 5. The first-order valence-corrected chi connectivity index (χ1v) is 4.92. The van der Waals surface area contributed by atoms with Gasteiger partial charge in [0.1, 0.15) is 6.04 Å². The zero-order valence-corrected chi connectivity index (χ0v) is 8.72. The van der Waals surface area contributed by atoms with Crippen molar-refractivity contribution >= 4 is 12.0 Å². The number of hydrogen-bond acceptors (Lipinski definition) is 2. The van der Waals surface area contributed by atoms with Crippen molar-refractivity contribution in [3.63, 3.8) is 0 Å². The van der Waals surface area contributed by atoms with Crippen LogP contribution >= 0.6 is 0 Å². The van der Waals surface area contributed by atoms with E-state index in [9.17, 15) is 9.59 Å². The third-order valence-electron chi connectivity index (χ3n) is 2.18. The molecule has 0 spiro atoms. The standard InChI is InChI=1S/C11H14N2O3/c12-11(16)13-9(10(14)15)7-6-8-4-2-1-3-5-8/h1-5,9H,6-7H2,(H,14,15)(H3,12,13,16)/t9-/m0/s1. The van der Waals surface area contributed by atoms with Crippen molar-refractivity contribution in [2.75, 3.05) is 0 Å². The summed E-state index contributed by atoms with van der Waals surface area (Å²) in [4.78, 5) is 21.4. The van der Waals surface area contributed by atoms with Crippen LogP contribution in [-0.2, 0) is 11.2 Å². The lowest BCUT2D eigenvalue weighted by atomic mass is 10.1. The van der Waals surface area contributed by atoms with E-state index in [0.717, 1.165) is 5.56 Å². The van der Waals surface area contributed by atoms with E-state index in [1.165, 1.54) is 0 Å². The summed E-state index contributed by atoms with van der Waals surface area (Å²) >= 11 is 0. The van der Waals surface area contributed by atoms with E-state index in [-0.39, 0.29) is 0 Å². The Morgan fingerprint density at radius 2 is 1.94 bits per heavy atom. The summed E-state index contributed by atoms with van der Waals surface area (Å²) < 4.78 is 0. The number of aliphatic carboxylic acids is 1. The fourth-order valence-corrected chi connectivity index (χ4v) is 1.38. The molecule has 0 fully saturated rings. The van der Waals surface area contributed by atoms with Gasteiger partial charge in [-0.15, -0.1) is 0 Å². The second-order valence-corrected chi connectivity index (χ2v) is 3.42. The number of carboxylic acid groups (broad SMARTS) is 1. The van der Waals surface area contributed by atoms with Gasteiger partial charge < -0.3 is 16.2 Å². The van der Waals surface area contributed by atoms with Gasteiger partial charge in [-0.1, -0.05) is 30.3 Å². The Balaban J connectivity index is 2.50. The van der Waals surface area contributed by atoms with E-state index in [1.807, 2.05) is 30.3 Å². The van der Waals surface area contributed by atoms with Gasteiger partial charge in [0.2, 0.25) is 0 Å². The Labute approximate surface area is 93.3 Å². The maximum atomic E-state index is 10.8. The first-order chi connectivity index (χ1) is 7.59. The van der Waals surface area contributed by atoms with Crippen LogP contribution in [0.15, 0.2) is 30.3 Å². The Morgan fingerprint density at radius 1 is 1.31 bits per heavy atom. The minimum atomic E-state index is -1.07. The Morgan fingerprint density at radius 3 is 2.44 bits per heavy atom. The SMILES string of the molecule is NC(=O)N[C@@H](CCc1ccccc1)C(=O)O. The number of primary amides is 1. The molecule has 0 saturated heterocycles. The fourth-order valence-electron chi connectivity index (χ4n) is 1.38. The van der Waals surface area contributed by atoms with Gasteiger partial charge in [-0.05, 0) is 18.4 Å². The number of aryl methyl sites for hydroxylation is 1. The van der Waals surface area contributed by atoms with Gasteiger partial charge >= 0.3 is 12.0 Å². The summed E-state index contributed by atoms with van der Waals surface area (Å²) in [7, 11) is 0. The quantitative estimate of drug-likeness (QED) is 0.686. The van der Waals surface area contributed by atoms with Crippen LogP contribution in [0, 0.1) is 0 Å². The molecule has 1 atom stereocenters. The highest BCUT2D eigenvalue weighted by molar-refractivity contribution is 5.81. The normalized spacial score (nSPS) is 11.8. The molecule has 0 saturated carbocycles. The minimum Gasteiger partial charge on any atom is -0.480 e. The van der Waals surface area contributed by atoms with Gasteiger partial charge in [0.05, 0.1) is 0 Å². The van der Waals surface area contributed by atoms with Gasteiger partial charge in [0.15, 0.2) is 0 Å². The highest BCUT2D eigenvalue weighted by atomic mass is 16.4. The molecule has 4 N–H and O–H groups in total. The molecule has 0 unspecified atom stereocenters. The molecule has 0 bridgehead atoms. The van der Waals surface area contributed by atoms with Crippen molar-refractivity contribution in [1.82, 2.24) is 5.32 Å². The lowest BCUT2D eigenvalue weighted by Gasteiger charge is -2.12. The Bertz CT molecular complexity index is 365. The first-order valence-electron chi connectivity index (χ1n) is 4.92. The smallest absolute Gasteiger partial charge is 0.326 e. The number of urea groups is 1. The second kappa shape index (κ2) is 5.75. The van der Waals surface area contributed by atoms with E-state index in [0.29, 0.717) is 12.8 Å². The number of carboxylic acids is 1. The molecular formula is C11H14N2O3. The van der Waals surface area contributed by atoms with Crippen LogP contribution in [0.1, 0.15) is 12.0 Å². The molecule has 1 aromatic carbocycles. The zero-order chi connectivity index (χ0) is 12.0. The molecule has 0 aliphatic carbocycles.